The lowest BCUT2D eigenvalue weighted by atomic mass is 10.0. The van der Waals surface area contributed by atoms with Gasteiger partial charge in [-0.15, -0.1) is 0 Å². The molecule has 7 heteroatoms. The Bertz CT molecular complexity index is 833. The topological polar surface area (TPSA) is 91.0 Å². The molecule has 0 bridgehead atoms. The van der Waals surface area contributed by atoms with Gasteiger partial charge in [-0.25, -0.2) is 0 Å². The first-order chi connectivity index (χ1) is 10.9. The number of hydrogen-bond donors (Lipinski definition) is 1. The van der Waals surface area contributed by atoms with E-state index < -0.39 is 26.2 Å². The third-order valence-electron chi connectivity index (χ3n) is 3.34. The van der Waals surface area contributed by atoms with Gasteiger partial charge in [0.1, 0.15) is 6.07 Å². The SMILES string of the molecule is CCCS(=O)(=O)OC1C=CC(=C(C#N)c2ccccc2C)S1=N. The highest BCUT2D eigenvalue weighted by Gasteiger charge is 2.28. The van der Waals surface area contributed by atoms with Crippen LogP contribution in [0.1, 0.15) is 24.5 Å². The summed E-state index contributed by atoms with van der Waals surface area (Å²) in [7, 11) is -4.89. The van der Waals surface area contributed by atoms with E-state index >= 15 is 0 Å². The molecule has 1 aromatic carbocycles. The highest BCUT2D eigenvalue weighted by Crippen LogP contribution is 2.31. The third-order valence-corrected chi connectivity index (χ3v) is 6.40. The van der Waals surface area contributed by atoms with E-state index in [1.165, 1.54) is 0 Å². The summed E-state index contributed by atoms with van der Waals surface area (Å²) in [5, 5.41) is 9.51. The summed E-state index contributed by atoms with van der Waals surface area (Å²) in [4.78, 5) is 0.512. The molecule has 122 valence electrons. The van der Waals surface area contributed by atoms with Crippen LogP contribution in [-0.2, 0) is 25.0 Å². The molecule has 1 N–H and O–H groups in total. The average Bonchev–Trinajstić information content (AvgIpc) is 2.83. The molecule has 0 amide bonds. The van der Waals surface area contributed by atoms with Crippen LogP contribution in [-0.4, -0.2) is 19.6 Å². The van der Waals surface area contributed by atoms with Crippen molar-refractivity contribution in [3.8, 4) is 6.07 Å². The molecule has 0 aliphatic carbocycles. The Morgan fingerprint density at radius 1 is 1.43 bits per heavy atom. The maximum absolute atomic E-state index is 11.8. The second-order valence-corrected chi connectivity index (χ2v) is 8.39. The van der Waals surface area contributed by atoms with E-state index in [9.17, 15) is 13.7 Å². The molecule has 2 unspecified atom stereocenters. The number of aryl methyl sites for hydroxylation is 1. The van der Waals surface area contributed by atoms with Gasteiger partial charge in [0.2, 0.25) is 0 Å². The Morgan fingerprint density at radius 3 is 2.74 bits per heavy atom. The van der Waals surface area contributed by atoms with Crippen molar-refractivity contribution in [1.82, 2.24) is 0 Å². The van der Waals surface area contributed by atoms with Crippen molar-refractivity contribution in [2.45, 2.75) is 25.7 Å². The Morgan fingerprint density at radius 2 is 2.13 bits per heavy atom. The predicted octanol–water partition coefficient (Wildman–Crippen LogP) is 3.26. The van der Waals surface area contributed by atoms with Gasteiger partial charge in [-0.05, 0) is 47.3 Å². The normalized spacial score (nSPS) is 22.8. The number of allylic oxidation sites excluding steroid dienone is 2. The molecule has 0 spiro atoms. The molecule has 2 atom stereocenters. The molecular formula is C16H18N2O3S2. The zero-order valence-electron chi connectivity index (χ0n) is 12.9. The number of hydrogen-bond acceptors (Lipinski definition) is 5. The van der Waals surface area contributed by atoms with Crippen molar-refractivity contribution in [2.75, 3.05) is 5.75 Å². The Labute approximate surface area is 139 Å². The van der Waals surface area contributed by atoms with Gasteiger partial charge in [-0.1, -0.05) is 31.2 Å². The van der Waals surface area contributed by atoms with Gasteiger partial charge in [0.15, 0.2) is 5.44 Å². The lowest BCUT2D eigenvalue weighted by molar-refractivity contribution is 0.331. The summed E-state index contributed by atoms with van der Waals surface area (Å²) in [6.45, 7) is 3.65. The van der Waals surface area contributed by atoms with Crippen molar-refractivity contribution >= 4 is 26.4 Å². The van der Waals surface area contributed by atoms with Crippen LogP contribution in [0.15, 0.2) is 41.3 Å². The average molecular weight is 350 g/mol. The first-order valence-corrected chi connectivity index (χ1v) is 10.00. The lowest BCUT2D eigenvalue weighted by Crippen LogP contribution is -2.20. The zero-order chi connectivity index (χ0) is 17.0. The number of nitrogens with one attached hydrogen (secondary N) is 1. The minimum atomic E-state index is -3.65. The first-order valence-electron chi connectivity index (χ1n) is 7.13. The standard InChI is InChI=1S/C16H18N2O3S2/c1-3-10-23(19,20)21-16-9-8-15(22(16)18)14(11-17)13-7-5-4-6-12(13)2/h4-9,16,18H,3,10H2,1-2H3. The molecule has 1 aliphatic rings. The lowest BCUT2D eigenvalue weighted by Gasteiger charge is -2.13. The number of benzene rings is 1. The zero-order valence-corrected chi connectivity index (χ0v) is 14.6. The maximum atomic E-state index is 11.8. The van der Waals surface area contributed by atoms with Crippen molar-refractivity contribution in [3.63, 3.8) is 0 Å². The van der Waals surface area contributed by atoms with Gasteiger partial charge in [0, 0.05) is 4.91 Å². The molecule has 0 aromatic heterocycles. The molecule has 0 fully saturated rings. The minimum Gasteiger partial charge on any atom is -0.273 e. The van der Waals surface area contributed by atoms with Crippen LogP contribution in [0.3, 0.4) is 0 Å². The van der Waals surface area contributed by atoms with Crippen LogP contribution < -0.4 is 0 Å². The van der Waals surface area contributed by atoms with Gasteiger partial charge >= 0.3 is 0 Å². The second-order valence-electron chi connectivity index (χ2n) is 5.09. The fourth-order valence-electron chi connectivity index (χ4n) is 2.25. The Hall–Kier alpha value is -1.75. The van der Waals surface area contributed by atoms with Crippen LogP contribution in [0.5, 0.6) is 0 Å². The molecule has 1 heterocycles. The van der Waals surface area contributed by atoms with Crippen molar-refractivity contribution < 1.29 is 12.6 Å². The van der Waals surface area contributed by atoms with Gasteiger partial charge < -0.3 is 0 Å². The van der Waals surface area contributed by atoms with E-state index in [0.29, 0.717) is 16.9 Å². The number of rotatable bonds is 5. The monoisotopic (exact) mass is 350 g/mol. The number of nitrogens with zero attached hydrogens (tertiary/aromatic N) is 1. The molecule has 2 rings (SSSR count). The largest absolute Gasteiger partial charge is 0.273 e. The molecule has 1 aliphatic heterocycles. The van der Waals surface area contributed by atoms with E-state index in [2.05, 4.69) is 6.07 Å². The molecule has 1 aromatic rings. The Balaban J connectivity index is 2.36. The molecule has 0 saturated heterocycles. The van der Waals surface area contributed by atoms with E-state index in [1.807, 2.05) is 31.2 Å². The highest BCUT2D eigenvalue weighted by atomic mass is 32.2. The molecular weight excluding hydrogens is 332 g/mol. The van der Waals surface area contributed by atoms with E-state index in [0.717, 1.165) is 11.1 Å². The van der Waals surface area contributed by atoms with Crippen LogP contribution >= 0.6 is 0 Å². The second kappa shape index (κ2) is 7.21. The van der Waals surface area contributed by atoms with Crippen LogP contribution in [0.2, 0.25) is 0 Å². The van der Waals surface area contributed by atoms with Crippen LogP contribution in [0, 0.1) is 23.0 Å². The molecule has 0 saturated carbocycles. The van der Waals surface area contributed by atoms with E-state index in [4.69, 9.17) is 8.96 Å². The van der Waals surface area contributed by atoms with Crippen LogP contribution in [0.25, 0.3) is 5.57 Å². The van der Waals surface area contributed by atoms with Gasteiger partial charge in [0.25, 0.3) is 10.1 Å². The minimum absolute atomic E-state index is 0.0729. The van der Waals surface area contributed by atoms with Crippen molar-refractivity contribution in [1.29, 1.82) is 10.0 Å². The van der Waals surface area contributed by atoms with Crippen molar-refractivity contribution in [3.05, 3.63) is 52.4 Å². The molecule has 23 heavy (non-hydrogen) atoms. The fourth-order valence-corrected chi connectivity index (χ4v) is 4.96. The van der Waals surface area contributed by atoms with Crippen LogP contribution in [0.4, 0.5) is 0 Å². The predicted molar refractivity (Wildman–Crippen MR) is 91.9 cm³/mol. The van der Waals surface area contributed by atoms with Gasteiger partial charge in [0.05, 0.1) is 11.3 Å². The quantitative estimate of drug-likeness (QED) is 0.652. The molecule has 0 radical (unpaired) electrons. The molecule has 5 nitrogen and oxygen atoms in total. The fraction of sp³-hybridized carbons (Fsp3) is 0.312. The van der Waals surface area contributed by atoms with E-state index in [-0.39, 0.29) is 5.75 Å². The van der Waals surface area contributed by atoms with Gasteiger partial charge in [-0.3, -0.25) is 8.96 Å². The summed E-state index contributed by atoms with van der Waals surface area (Å²) in [5.41, 5.74) is 1.24. The van der Waals surface area contributed by atoms with Crippen molar-refractivity contribution in [2.24, 2.45) is 0 Å². The summed E-state index contributed by atoms with van der Waals surface area (Å²) >= 11 is 0. The Kier molecular flexibility index (Phi) is 5.52. The van der Waals surface area contributed by atoms with Gasteiger partial charge in [-0.2, -0.15) is 13.7 Å². The maximum Gasteiger partial charge on any atom is 0.268 e. The summed E-state index contributed by atoms with van der Waals surface area (Å²) < 4.78 is 37.0. The number of nitriles is 1. The first kappa shape index (κ1) is 17.6. The smallest absolute Gasteiger partial charge is 0.268 e. The summed E-state index contributed by atoms with van der Waals surface area (Å²) in [5.74, 6) is -0.0729. The third kappa shape index (κ3) is 3.96. The van der Waals surface area contributed by atoms with E-state index in [1.54, 1.807) is 19.1 Å². The summed E-state index contributed by atoms with van der Waals surface area (Å²) in [6, 6.07) is 9.59. The highest BCUT2D eigenvalue weighted by molar-refractivity contribution is 7.92. The summed E-state index contributed by atoms with van der Waals surface area (Å²) in [6.07, 6.45) is 3.64.